The van der Waals surface area contributed by atoms with E-state index < -0.39 is 0 Å². The molecule has 1 aliphatic heterocycles. The molecule has 1 aromatic carbocycles. The average molecular weight is 312 g/mol. The Morgan fingerprint density at radius 3 is 2.61 bits per heavy atom. The Morgan fingerprint density at radius 1 is 1.13 bits per heavy atom. The molecule has 0 bridgehead atoms. The first-order valence-corrected chi connectivity index (χ1v) is 8.18. The van der Waals surface area contributed by atoms with Crippen molar-refractivity contribution in [1.29, 1.82) is 0 Å². The van der Waals surface area contributed by atoms with Gasteiger partial charge in [-0.15, -0.1) is 0 Å². The van der Waals surface area contributed by atoms with E-state index in [9.17, 15) is 0 Å². The van der Waals surface area contributed by atoms with Gasteiger partial charge in [0.2, 0.25) is 0 Å². The molecule has 1 saturated heterocycles. The largest absolute Gasteiger partial charge is 0.378 e. The average Bonchev–Trinajstić information content (AvgIpc) is 2.55. The summed E-state index contributed by atoms with van der Waals surface area (Å²) in [6, 6.07) is 10.4. The summed E-state index contributed by atoms with van der Waals surface area (Å²) in [6.45, 7) is 9.58. The van der Waals surface area contributed by atoms with Crippen LogP contribution in [0.15, 0.2) is 30.3 Å². The van der Waals surface area contributed by atoms with Gasteiger partial charge in [-0.1, -0.05) is 32.0 Å². The van der Waals surface area contributed by atoms with E-state index in [0.29, 0.717) is 5.92 Å². The summed E-state index contributed by atoms with van der Waals surface area (Å²) < 4.78 is 5.42. The van der Waals surface area contributed by atoms with E-state index in [-0.39, 0.29) is 0 Å². The van der Waals surface area contributed by atoms with Crippen molar-refractivity contribution < 1.29 is 4.74 Å². The van der Waals surface area contributed by atoms with Crippen LogP contribution in [0.25, 0.3) is 0 Å². The normalized spacial score (nSPS) is 15.0. The van der Waals surface area contributed by atoms with Crippen LogP contribution >= 0.6 is 0 Å². The van der Waals surface area contributed by atoms with Gasteiger partial charge in [0.1, 0.15) is 17.5 Å². The fraction of sp³-hybridized carbons (Fsp3) is 0.444. The summed E-state index contributed by atoms with van der Waals surface area (Å²) in [5, 5.41) is 3.47. The Bertz CT molecular complexity index is 666. The molecule has 122 valence electrons. The van der Waals surface area contributed by atoms with Gasteiger partial charge in [-0.25, -0.2) is 9.97 Å². The number of morpholine rings is 1. The van der Waals surface area contributed by atoms with Gasteiger partial charge in [0.15, 0.2) is 0 Å². The predicted molar refractivity (Wildman–Crippen MR) is 93.6 cm³/mol. The maximum atomic E-state index is 5.42. The zero-order valence-corrected chi connectivity index (χ0v) is 14.0. The summed E-state index contributed by atoms with van der Waals surface area (Å²) in [6.07, 6.45) is 0. The predicted octanol–water partition coefficient (Wildman–Crippen LogP) is 3.49. The zero-order valence-electron chi connectivity index (χ0n) is 14.0. The van der Waals surface area contributed by atoms with Gasteiger partial charge in [0.25, 0.3) is 0 Å². The molecular formula is C18H24N4O. The van der Waals surface area contributed by atoms with E-state index in [4.69, 9.17) is 4.74 Å². The number of hydrogen-bond donors (Lipinski definition) is 1. The fourth-order valence-electron chi connectivity index (χ4n) is 2.82. The van der Waals surface area contributed by atoms with Crippen LogP contribution in [-0.4, -0.2) is 36.3 Å². The number of rotatable bonds is 4. The van der Waals surface area contributed by atoms with Gasteiger partial charge < -0.3 is 15.0 Å². The van der Waals surface area contributed by atoms with Gasteiger partial charge in [-0.3, -0.25) is 0 Å². The second kappa shape index (κ2) is 6.96. The van der Waals surface area contributed by atoms with Crippen molar-refractivity contribution in [3.8, 4) is 0 Å². The molecule has 2 aromatic rings. The number of aryl methyl sites for hydroxylation is 1. The van der Waals surface area contributed by atoms with Crippen LogP contribution in [0.2, 0.25) is 0 Å². The van der Waals surface area contributed by atoms with Gasteiger partial charge in [0.05, 0.1) is 13.2 Å². The maximum absolute atomic E-state index is 5.42. The molecular weight excluding hydrogens is 288 g/mol. The fourth-order valence-corrected chi connectivity index (χ4v) is 2.82. The first-order valence-electron chi connectivity index (χ1n) is 8.18. The minimum atomic E-state index is 0.459. The summed E-state index contributed by atoms with van der Waals surface area (Å²) >= 11 is 0. The summed E-state index contributed by atoms with van der Waals surface area (Å²) in [5.41, 5.74) is 2.39. The third-order valence-electron chi connectivity index (χ3n) is 4.01. The molecule has 1 aromatic heterocycles. The van der Waals surface area contributed by atoms with Crippen molar-refractivity contribution in [1.82, 2.24) is 9.97 Å². The number of nitrogens with one attached hydrogen (secondary N) is 1. The Balaban J connectivity index is 1.87. The lowest BCUT2D eigenvalue weighted by Crippen LogP contribution is -2.36. The number of hydrogen-bond acceptors (Lipinski definition) is 5. The number of benzene rings is 1. The second-order valence-corrected chi connectivity index (χ2v) is 6.12. The van der Waals surface area contributed by atoms with E-state index in [0.717, 1.165) is 49.5 Å². The molecule has 2 heterocycles. The first-order chi connectivity index (χ1) is 11.1. The molecule has 0 radical (unpaired) electrons. The highest BCUT2D eigenvalue weighted by Gasteiger charge is 2.15. The minimum Gasteiger partial charge on any atom is -0.378 e. The smallest absolute Gasteiger partial charge is 0.136 e. The van der Waals surface area contributed by atoms with Crippen molar-refractivity contribution >= 4 is 17.3 Å². The molecule has 5 heteroatoms. The first kappa shape index (κ1) is 15.7. The number of aromatic nitrogens is 2. The lowest BCUT2D eigenvalue weighted by Gasteiger charge is -2.28. The molecule has 0 unspecified atom stereocenters. The molecule has 1 aliphatic rings. The topological polar surface area (TPSA) is 50.3 Å². The van der Waals surface area contributed by atoms with Crippen molar-refractivity contribution in [2.75, 3.05) is 36.5 Å². The van der Waals surface area contributed by atoms with Crippen LogP contribution in [0.4, 0.5) is 17.3 Å². The molecule has 1 fully saturated rings. The van der Waals surface area contributed by atoms with Gasteiger partial charge in [-0.05, 0) is 24.5 Å². The van der Waals surface area contributed by atoms with Crippen LogP contribution in [0.5, 0.6) is 0 Å². The molecule has 0 aliphatic carbocycles. The summed E-state index contributed by atoms with van der Waals surface area (Å²) in [5.74, 6) is 3.04. The van der Waals surface area contributed by atoms with E-state index in [2.05, 4.69) is 52.2 Å². The van der Waals surface area contributed by atoms with E-state index >= 15 is 0 Å². The number of nitrogens with zero attached hydrogens (tertiary/aromatic N) is 3. The third kappa shape index (κ3) is 3.79. The van der Waals surface area contributed by atoms with Crippen LogP contribution < -0.4 is 10.2 Å². The lowest BCUT2D eigenvalue weighted by atomic mass is 10.0. The van der Waals surface area contributed by atoms with E-state index in [1.54, 1.807) is 0 Å². The van der Waals surface area contributed by atoms with Gasteiger partial charge in [0, 0.05) is 24.8 Å². The Hall–Kier alpha value is -2.14. The molecule has 1 N–H and O–H groups in total. The van der Waals surface area contributed by atoms with Gasteiger partial charge in [-0.2, -0.15) is 0 Å². The van der Waals surface area contributed by atoms with Crippen LogP contribution in [0.1, 0.15) is 31.2 Å². The Morgan fingerprint density at radius 2 is 1.87 bits per heavy atom. The number of para-hydroxylation sites is 1. The Kier molecular flexibility index (Phi) is 4.76. The molecule has 3 rings (SSSR count). The second-order valence-electron chi connectivity index (χ2n) is 6.12. The highest BCUT2D eigenvalue weighted by Crippen LogP contribution is 2.27. The molecule has 0 saturated carbocycles. The molecule has 23 heavy (non-hydrogen) atoms. The molecule has 5 nitrogen and oxygen atoms in total. The standard InChI is InChI=1S/C18H24N4O/c1-13(2)15-6-4-5-7-16(15)21-17-12-18(20-14(3)19-17)22-8-10-23-11-9-22/h4-7,12-13H,8-11H2,1-3H3,(H,19,20,21). The number of anilines is 3. The highest BCUT2D eigenvalue weighted by atomic mass is 16.5. The molecule has 0 spiro atoms. The summed E-state index contributed by atoms with van der Waals surface area (Å²) in [4.78, 5) is 11.4. The van der Waals surface area contributed by atoms with Crippen molar-refractivity contribution in [2.24, 2.45) is 0 Å². The summed E-state index contributed by atoms with van der Waals surface area (Å²) in [7, 11) is 0. The zero-order chi connectivity index (χ0) is 16.2. The monoisotopic (exact) mass is 312 g/mol. The Labute approximate surface area is 137 Å². The third-order valence-corrected chi connectivity index (χ3v) is 4.01. The highest BCUT2D eigenvalue weighted by molar-refractivity contribution is 5.63. The molecule has 0 atom stereocenters. The van der Waals surface area contributed by atoms with E-state index in [1.807, 2.05) is 19.1 Å². The van der Waals surface area contributed by atoms with Crippen LogP contribution in [-0.2, 0) is 4.74 Å². The lowest BCUT2D eigenvalue weighted by molar-refractivity contribution is 0.122. The maximum Gasteiger partial charge on any atom is 0.136 e. The van der Waals surface area contributed by atoms with Crippen LogP contribution in [0.3, 0.4) is 0 Å². The SMILES string of the molecule is Cc1nc(Nc2ccccc2C(C)C)cc(N2CCOCC2)n1. The van der Waals surface area contributed by atoms with Crippen molar-refractivity contribution in [2.45, 2.75) is 26.7 Å². The van der Waals surface area contributed by atoms with Gasteiger partial charge >= 0.3 is 0 Å². The van der Waals surface area contributed by atoms with Crippen molar-refractivity contribution in [3.63, 3.8) is 0 Å². The van der Waals surface area contributed by atoms with Crippen LogP contribution in [0, 0.1) is 6.92 Å². The van der Waals surface area contributed by atoms with Crippen molar-refractivity contribution in [3.05, 3.63) is 41.7 Å². The molecule has 0 amide bonds. The van der Waals surface area contributed by atoms with E-state index in [1.165, 1.54) is 5.56 Å². The minimum absolute atomic E-state index is 0.459. The number of ether oxygens (including phenoxy) is 1. The quantitative estimate of drug-likeness (QED) is 0.936.